The Bertz CT molecular complexity index is 619. The highest BCUT2D eigenvalue weighted by Gasteiger charge is 2.20. The van der Waals surface area contributed by atoms with Crippen molar-refractivity contribution in [3.63, 3.8) is 0 Å². The minimum absolute atomic E-state index is 0.0502. The Hall–Kier alpha value is -2.27. The Morgan fingerprint density at radius 1 is 1.27 bits per heavy atom. The first kappa shape index (κ1) is 14.7. The highest BCUT2D eigenvalue weighted by Crippen LogP contribution is 2.21. The first-order valence-electron chi connectivity index (χ1n) is 7.54. The van der Waals surface area contributed by atoms with Crippen LogP contribution in [0.25, 0.3) is 0 Å². The highest BCUT2D eigenvalue weighted by atomic mass is 16.2. The molecule has 0 spiro atoms. The van der Waals surface area contributed by atoms with Crippen molar-refractivity contribution in [2.75, 3.05) is 6.54 Å². The van der Waals surface area contributed by atoms with Gasteiger partial charge in [-0.3, -0.25) is 19.7 Å². The van der Waals surface area contributed by atoms with Crippen LogP contribution in [0.1, 0.15) is 23.7 Å². The van der Waals surface area contributed by atoms with Crippen LogP contribution < -0.4 is 5.32 Å². The van der Waals surface area contributed by atoms with E-state index >= 15 is 0 Å². The van der Waals surface area contributed by atoms with Gasteiger partial charge in [-0.05, 0) is 18.1 Å². The van der Waals surface area contributed by atoms with Gasteiger partial charge in [0.2, 0.25) is 5.91 Å². The number of hydrogen-bond donors (Lipinski definition) is 1. The summed E-state index contributed by atoms with van der Waals surface area (Å²) in [4.78, 5) is 22.6. The zero-order chi connectivity index (χ0) is 15.4. The van der Waals surface area contributed by atoms with Crippen LogP contribution in [0, 0.1) is 0 Å². The van der Waals surface area contributed by atoms with Gasteiger partial charge in [0, 0.05) is 44.1 Å². The van der Waals surface area contributed by atoms with E-state index in [0.29, 0.717) is 13.0 Å². The van der Waals surface area contributed by atoms with Gasteiger partial charge in [0.1, 0.15) is 0 Å². The molecule has 0 saturated carbocycles. The highest BCUT2D eigenvalue weighted by molar-refractivity contribution is 5.78. The lowest BCUT2D eigenvalue weighted by atomic mass is 10.1. The second kappa shape index (κ2) is 6.66. The molecule has 0 radical (unpaired) electrons. The standard InChI is InChI=1S/C17H20N4O/c1-13(8-16-9-18-6-7-19-16)20-17(22)12-21-10-14-4-2-3-5-15(14)11-21/h2-7,9,13H,8,10-12H2,1H3,(H,20,22). The normalized spacial score (nSPS) is 15.3. The molecule has 0 aliphatic carbocycles. The third kappa shape index (κ3) is 3.68. The summed E-state index contributed by atoms with van der Waals surface area (Å²) >= 11 is 0. The van der Waals surface area contributed by atoms with Crippen LogP contribution in [-0.4, -0.2) is 33.4 Å². The molecule has 22 heavy (non-hydrogen) atoms. The molecule has 2 aromatic rings. The number of rotatable bonds is 5. The zero-order valence-corrected chi connectivity index (χ0v) is 12.7. The molecule has 5 heteroatoms. The van der Waals surface area contributed by atoms with Crippen molar-refractivity contribution < 1.29 is 4.79 Å². The zero-order valence-electron chi connectivity index (χ0n) is 12.7. The molecule has 1 amide bonds. The molecule has 1 N–H and O–H groups in total. The molecule has 114 valence electrons. The van der Waals surface area contributed by atoms with Crippen molar-refractivity contribution in [3.8, 4) is 0 Å². The van der Waals surface area contributed by atoms with Gasteiger partial charge in [-0.25, -0.2) is 0 Å². The summed E-state index contributed by atoms with van der Waals surface area (Å²) < 4.78 is 0. The van der Waals surface area contributed by atoms with Crippen LogP contribution in [0.3, 0.4) is 0 Å². The number of fused-ring (bicyclic) bond motifs is 1. The summed E-state index contributed by atoms with van der Waals surface area (Å²) in [6.45, 7) is 4.12. The Morgan fingerprint density at radius 3 is 2.64 bits per heavy atom. The molecular formula is C17H20N4O. The van der Waals surface area contributed by atoms with Gasteiger partial charge in [0.15, 0.2) is 0 Å². The number of carbonyl (C=O) groups excluding carboxylic acids is 1. The molecule has 1 aliphatic heterocycles. The molecule has 0 saturated heterocycles. The summed E-state index contributed by atoms with van der Waals surface area (Å²) in [5, 5.41) is 3.03. The van der Waals surface area contributed by atoms with Gasteiger partial charge >= 0.3 is 0 Å². The van der Waals surface area contributed by atoms with E-state index in [4.69, 9.17) is 0 Å². The van der Waals surface area contributed by atoms with Crippen molar-refractivity contribution in [2.24, 2.45) is 0 Å². The maximum Gasteiger partial charge on any atom is 0.234 e. The van der Waals surface area contributed by atoms with Gasteiger partial charge < -0.3 is 5.32 Å². The van der Waals surface area contributed by atoms with Crippen molar-refractivity contribution in [3.05, 3.63) is 59.7 Å². The lowest BCUT2D eigenvalue weighted by Gasteiger charge is -2.17. The number of benzene rings is 1. The van der Waals surface area contributed by atoms with Crippen molar-refractivity contribution in [1.29, 1.82) is 0 Å². The van der Waals surface area contributed by atoms with Gasteiger partial charge in [-0.15, -0.1) is 0 Å². The average Bonchev–Trinajstić information content (AvgIpc) is 2.89. The predicted octanol–water partition coefficient (Wildman–Crippen LogP) is 1.54. The molecule has 1 unspecified atom stereocenters. The molecule has 1 atom stereocenters. The van der Waals surface area contributed by atoms with Crippen LogP contribution in [0.5, 0.6) is 0 Å². The summed E-state index contributed by atoms with van der Waals surface area (Å²) in [7, 11) is 0. The summed E-state index contributed by atoms with van der Waals surface area (Å²) in [6, 6.07) is 8.40. The first-order chi connectivity index (χ1) is 10.7. The van der Waals surface area contributed by atoms with Crippen molar-refractivity contribution >= 4 is 5.91 Å². The average molecular weight is 296 g/mol. The number of aromatic nitrogens is 2. The van der Waals surface area contributed by atoms with E-state index in [1.54, 1.807) is 18.6 Å². The number of amides is 1. The number of nitrogens with zero attached hydrogens (tertiary/aromatic N) is 3. The van der Waals surface area contributed by atoms with E-state index in [-0.39, 0.29) is 11.9 Å². The van der Waals surface area contributed by atoms with Gasteiger partial charge in [-0.2, -0.15) is 0 Å². The maximum absolute atomic E-state index is 12.2. The molecule has 3 rings (SSSR count). The summed E-state index contributed by atoms with van der Waals surface area (Å²) in [5.74, 6) is 0.0594. The second-order valence-corrected chi connectivity index (χ2v) is 5.78. The third-order valence-corrected chi connectivity index (χ3v) is 3.81. The smallest absolute Gasteiger partial charge is 0.234 e. The minimum Gasteiger partial charge on any atom is -0.352 e. The van der Waals surface area contributed by atoms with E-state index < -0.39 is 0 Å². The molecule has 1 aromatic heterocycles. The second-order valence-electron chi connectivity index (χ2n) is 5.78. The number of hydrogen-bond acceptors (Lipinski definition) is 4. The summed E-state index contributed by atoms with van der Waals surface area (Å²) in [5.41, 5.74) is 3.54. The van der Waals surface area contributed by atoms with E-state index in [2.05, 4.69) is 32.3 Å². The Balaban J connectivity index is 1.47. The van der Waals surface area contributed by atoms with E-state index in [1.807, 2.05) is 19.1 Å². The molecule has 1 aliphatic rings. The third-order valence-electron chi connectivity index (χ3n) is 3.81. The van der Waals surface area contributed by atoms with E-state index in [0.717, 1.165) is 18.8 Å². The van der Waals surface area contributed by atoms with E-state index in [9.17, 15) is 4.79 Å². The molecule has 0 bridgehead atoms. The quantitative estimate of drug-likeness (QED) is 0.909. The van der Waals surface area contributed by atoms with Gasteiger partial charge in [-0.1, -0.05) is 24.3 Å². The molecule has 0 fully saturated rings. The Morgan fingerprint density at radius 2 is 2.00 bits per heavy atom. The van der Waals surface area contributed by atoms with Gasteiger partial charge in [0.05, 0.1) is 12.2 Å². The lowest BCUT2D eigenvalue weighted by molar-refractivity contribution is -0.122. The molecule has 1 aromatic carbocycles. The Labute approximate surface area is 130 Å². The van der Waals surface area contributed by atoms with Crippen LogP contribution in [0.2, 0.25) is 0 Å². The van der Waals surface area contributed by atoms with Gasteiger partial charge in [0.25, 0.3) is 0 Å². The van der Waals surface area contributed by atoms with Crippen LogP contribution in [-0.2, 0) is 24.3 Å². The van der Waals surface area contributed by atoms with Crippen molar-refractivity contribution in [1.82, 2.24) is 20.2 Å². The minimum atomic E-state index is 0.0502. The number of nitrogens with one attached hydrogen (secondary N) is 1. The largest absolute Gasteiger partial charge is 0.352 e. The van der Waals surface area contributed by atoms with Crippen molar-refractivity contribution in [2.45, 2.75) is 32.5 Å². The fourth-order valence-electron chi connectivity index (χ4n) is 2.84. The first-order valence-corrected chi connectivity index (χ1v) is 7.54. The topological polar surface area (TPSA) is 58.1 Å². The molecular weight excluding hydrogens is 276 g/mol. The predicted molar refractivity (Wildman–Crippen MR) is 83.9 cm³/mol. The molecule has 5 nitrogen and oxygen atoms in total. The van der Waals surface area contributed by atoms with Crippen LogP contribution in [0.4, 0.5) is 0 Å². The molecule has 2 heterocycles. The summed E-state index contributed by atoms with van der Waals surface area (Å²) in [6.07, 6.45) is 5.75. The van der Waals surface area contributed by atoms with Crippen LogP contribution >= 0.6 is 0 Å². The van der Waals surface area contributed by atoms with E-state index in [1.165, 1.54) is 11.1 Å². The lowest BCUT2D eigenvalue weighted by Crippen LogP contribution is -2.40. The fraction of sp³-hybridized carbons (Fsp3) is 0.353. The maximum atomic E-state index is 12.2. The Kier molecular flexibility index (Phi) is 4.44. The fourth-order valence-corrected chi connectivity index (χ4v) is 2.84. The number of carbonyl (C=O) groups is 1. The van der Waals surface area contributed by atoms with Crippen LogP contribution in [0.15, 0.2) is 42.9 Å². The monoisotopic (exact) mass is 296 g/mol. The SMILES string of the molecule is CC(Cc1cnccn1)NC(=O)CN1Cc2ccccc2C1.